The fourth-order valence-corrected chi connectivity index (χ4v) is 1.16. The lowest BCUT2D eigenvalue weighted by Crippen LogP contribution is -2.08. The van der Waals surface area contributed by atoms with E-state index in [1.165, 1.54) is 0 Å². The molecule has 0 spiro atoms. The summed E-state index contributed by atoms with van der Waals surface area (Å²) in [4.78, 5) is 7.78. The van der Waals surface area contributed by atoms with E-state index in [4.69, 9.17) is 34.7 Å². The molecule has 0 radical (unpaired) electrons. The van der Waals surface area contributed by atoms with Crippen LogP contribution in [0.5, 0.6) is 0 Å². The average Bonchev–Trinajstić information content (AvgIpc) is 2.03. The van der Waals surface area contributed by atoms with E-state index in [9.17, 15) is 0 Å². The minimum absolute atomic E-state index is 0.189. The Morgan fingerprint density at radius 3 is 2.42 bits per heavy atom. The van der Waals surface area contributed by atoms with Crippen molar-refractivity contribution in [1.82, 2.24) is 9.97 Å². The van der Waals surface area contributed by atoms with Crippen LogP contribution >= 0.6 is 23.2 Å². The topological polar surface area (TPSA) is 77.8 Å². The molecule has 1 heterocycles. The summed E-state index contributed by atoms with van der Waals surface area (Å²) in [5.41, 5.74) is 11.5. The van der Waals surface area contributed by atoms with Crippen molar-refractivity contribution >= 4 is 29.0 Å². The molecule has 0 fully saturated rings. The van der Waals surface area contributed by atoms with Crippen LogP contribution in [0, 0.1) is 0 Å². The van der Waals surface area contributed by atoms with Crippen molar-refractivity contribution in [2.24, 2.45) is 5.73 Å². The number of nitrogen functional groups attached to an aromatic ring is 1. The summed E-state index contributed by atoms with van der Waals surface area (Å²) in [7, 11) is 0. The molecule has 6 heteroatoms. The van der Waals surface area contributed by atoms with E-state index in [2.05, 4.69) is 9.97 Å². The Morgan fingerprint density at radius 2 is 2.00 bits per heavy atom. The standard InChI is InChI=1S/C6H8Cl2N4/c7-1-4-11-5(8)3(2-9)6(10)12-4/h1-2,9H2,(H2,10,11,12). The van der Waals surface area contributed by atoms with Crippen LogP contribution in [0.15, 0.2) is 0 Å². The average molecular weight is 207 g/mol. The first kappa shape index (κ1) is 9.51. The number of hydrogen-bond donors (Lipinski definition) is 2. The first-order valence-corrected chi connectivity index (χ1v) is 4.17. The van der Waals surface area contributed by atoms with Crippen LogP contribution in [-0.2, 0) is 12.4 Å². The Labute approximate surface area is 79.9 Å². The van der Waals surface area contributed by atoms with Crippen LogP contribution < -0.4 is 11.5 Å². The van der Waals surface area contributed by atoms with Gasteiger partial charge < -0.3 is 11.5 Å². The second-order valence-corrected chi connectivity index (χ2v) is 2.76. The second kappa shape index (κ2) is 3.89. The monoisotopic (exact) mass is 206 g/mol. The third-order valence-electron chi connectivity index (χ3n) is 1.36. The smallest absolute Gasteiger partial charge is 0.147 e. The fourth-order valence-electron chi connectivity index (χ4n) is 0.767. The molecule has 4 nitrogen and oxygen atoms in total. The second-order valence-electron chi connectivity index (χ2n) is 2.13. The number of rotatable bonds is 2. The summed E-state index contributed by atoms with van der Waals surface area (Å²) in [6.07, 6.45) is 0. The van der Waals surface area contributed by atoms with Crippen LogP contribution in [0.1, 0.15) is 11.4 Å². The minimum atomic E-state index is 0.189. The Hall–Kier alpha value is -0.580. The van der Waals surface area contributed by atoms with Crippen LogP contribution in [0.25, 0.3) is 0 Å². The Morgan fingerprint density at radius 1 is 1.33 bits per heavy atom. The molecule has 0 aliphatic heterocycles. The van der Waals surface area contributed by atoms with Crippen molar-refractivity contribution in [2.45, 2.75) is 12.4 Å². The number of nitrogens with two attached hydrogens (primary N) is 2. The minimum Gasteiger partial charge on any atom is -0.383 e. The summed E-state index contributed by atoms with van der Waals surface area (Å²) in [6, 6.07) is 0. The first-order chi connectivity index (χ1) is 5.69. The third kappa shape index (κ3) is 1.77. The zero-order valence-corrected chi connectivity index (χ0v) is 7.73. The van der Waals surface area contributed by atoms with E-state index >= 15 is 0 Å². The number of alkyl halides is 1. The molecule has 0 aliphatic rings. The Bertz CT molecular complexity index is 266. The van der Waals surface area contributed by atoms with E-state index in [0.29, 0.717) is 17.2 Å². The van der Waals surface area contributed by atoms with Gasteiger partial charge in [0.05, 0.1) is 5.88 Å². The molecular formula is C6H8Cl2N4. The molecule has 0 aromatic carbocycles. The SMILES string of the molecule is NCc1c(N)nc(CCl)nc1Cl. The van der Waals surface area contributed by atoms with Crippen LogP contribution in [0.2, 0.25) is 5.15 Å². The van der Waals surface area contributed by atoms with Gasteiger partial charge >= 0.3 is 0 Å². The lowest BCUT2D eigenvalue weighted by atomic mass is 10.3. The number of hydrogen-bond acceptors (Lipinski definition) is 4. The molecule has 0 saturated heterocycles. The molecule has 0 atom stereocenters. The normalized spacial score (nSPS) is 10.2. The Kier molecular flexibility index (Phi) is 3.08. The van der Waals surface area contributed by atoms with Gasteiger partial charge in [0.2, 0.25) is 0 Å². The maximum Gasteiger partial charge on any atom is 0.147 e. The van der Waals surface area contributed by atoms with Crippen molar-refractivity contribution in [3.63, 3.8) is 0 Å². The highest BCUT2D eigenvalue weighted by molar-refractivity contribution is 6.30. The quantitative estimate of drug-likeness (QED) is 0.558. The molecule has 0 bridgehead atoms. The van der Waals surface area contributed by atoms with Crippen LogP contribution in [-0.4, -0.2) is 9.97 Å². The lowest BCUT2D eigenvalue weighted by molar-refractivity contribution is 0.968. The molecule has 0 saturated carbocycles. The third-order valence-corrected chi connectivity index (χ3v) is 1.91. The highest BCUT2D eigenvalue weighted by atomic mass is 35.5. The first-order valence-electron chi connectivity index (χ1n) is 3.25. The summed E-state index contributed by atoms with van der Waals surface area (Å²) in [6.45, 7) is 0.229. The zero-order chi connectivity index (χ0) is 9.14. The largest absolute Gasteiger partial charge is 0.383 e. The van der Waals surface area contributed by atoms with Gasteiger partial charge in [-0.2, -0.15) is 0 Å². The molecule has 12 heavy (non-hydrogen) atoms. The summed E-state index contributed by atoms with van der Waals surface area (Å²) in [5, 5.41) is 0.278. The van der Waals surface area contributed by atoms with Crippen molar-refractivity contribution in [2.75, 3.05) is 5.73 Å². The van der Waals surface area contributed by atoms with Gasteiger partial charge in [-0.1, -0.05) is 11.6 Å². The summed E-state index contributed by atoms with van der Waals surface area (Å²) < 4.78 is 0. The highest BCUT2D eigenvalue weighted by Crippen LogP contribution is 2.18. The Balaban J connectivity index is 3.18. The maximum absolute atomic E-state index is 5.74. The van der Waals surface area contributed by atoms with Gasteiger partial charge in [0.25, 0.3) is 0 Å². The molecule has 1 rings (SSSR count). The zero-order valence-electron chi connectivity index (χ0n) is 6.22. The van der Waals surface area contributed by atoms with Crippen molar-refractivity contribution in [3.8, 4) is 0 Å². The van der Waals surface area contributed by atoms with Gasteiger partial charge in [0, 0.05) is 12.1 Å². The fraction of sp³-hybridized carbons (Fsp3) is 0.333. The van der Waals surface area contributed by atoms with E-state index in [0.717, 1.165) is 0 Å². The van der Waals surface area contributed by atoms with E-state index < -0.39 is 0 Å². The molecule has 0 unspecified atom stereocenters. The molecular weight excluding hydrogens is 199 g/mol. The highest BCUT2D eigenvalue weighted by Gasteiger charge is 2.07. The van der Waals surface area contributed by atoms with Gasteiger partial charge in [-0.3, -0.25) is 0 Å². The summed E-state index contributed by atoms with van der Waals surface area (Å²) in [5.74, 6) is 0.902. The van der Waals surface area contributed by atoms with Crippen molar-refractivity contribution < 1.29 is 0 Å². The predicted molar refractivity (Wildman–Crippen MR) is 48.9 cm³/mol. The number of halogens is 2. The number of aromatic nitrogens is 2. The molecule has 1 aromatic rings. The molecule has 1 aromatic heterocycles. The van der Waals surface area contributed by atoms with Gasteiger partial charge in [0.1, 0.15) is 16.8 Å². The van der Waals surface area contributed by atoms with E-state index in [1.807, 2.05) is 0 Å². The molecule has 4 N–H and O–H groups in total. The molecule has 66 valence electrons. The van der Waals surface area contributed by atoms with Crippen LogP contribution in [0.3, 0.4) is 0 Å². The van der Waals surface area contributed by atoms with Crippen molar-refractivity contribution in [3.05, 3.63) is 16.5 Å². The molecule has 0 amide bonds. The van der Waals surface area contributed by atoms with Gasteiger partial charge in [-0.15, -0.1) is 11.6 Å². The van der Waals surface area contributed by atoms with Crippen LogP contribution in [0.4, 0.5) is 5.82 Å². The molecule has 0 aliphatic carbocycles. The maximum atomic E-state index is 5.74. The number of anilines is 1. The lowest BCUT2D eigenvalue weighted by Gasteiger charge is -2.04. The summed E-state index contributed by atoms with van der Waals surface area (Å²) >= 11 is 11.2. The van der Waals surface area contributed by atoms with Gasteiger partial charge in [-0.25, -0.2) is 9.97 Å². The number of nitrogens with zero attached hydrogens (tertiary/aromatic N) is 2. The van der Waals surface area contributed by atoms with E-state index in [1.54, 1.807) is 0 Å². The van der Waals surface area contributed by atoms with Crippen molar-refractivity contribution in [1.29, 1.82) is 0 Å². The van der Waals surface area contributed by atoms with Gasteiger partial charge in [0.15, 0.2) is 0 Å². The predicted octanol–water partition coefficient (Wildman–Crippen LogP) is 0.910. The van der Waals surface area contributed by atoms with E-state index in [-0.39, 0.29) is 17.6 Å². The van der Waals surface area contributed by atoms with Gasteiger partial charge in [-0.05, 0) is 0 Å².